The maximum Gasteiger partial charge on any atom is 0.311 e. The summed E-state index contributed by atoms with van der Waals surface area (Å²) in [5.74, 6) is -1.35. The average molecular weight is 644 g/mol. The second kappa shape index (κ2) is 16.2. The van der Waals surface area contributed by atoms with Crippen molar-refractivity contribution in [1.82, 2.24) is 10.3 Å². The van der Waals surface area contributed by atoms with Crippen molar-refractivity contribution in [3.63, 3.8) is 0 Å². The van der Waals surface area contributed by atoms with E-state index in [1.54, 1.807) is 66.9 Å². The normalized spacial score (nSPS) is 11.0. The number of nitrogens with zero attached hydrogens (tertiary/aromatic N) is 2. The van der Waals surface area contributed by atoms with Crippen molar-refractivity contribution in [2.24, 2.45) is 0 Å². The molecule has 0 radical (unpaired) electrons. The summed E-state index contributed by atoms with van der Waals surface area (Å²) in [7, 11) is 3.88. The second-order valence-electron chi connectivity index (χ2n) is 9.81. The minimum atomic E-state index is -0.485. The maximum atomic E-state index is 13.3. The van der Waals surface area contributed by atoms with Crippen LogP contribution in [-0.4, -0.2) is 55.1 Å². The van der Waals surface area contributed by atoms with Crippen molar-refractivity contribution < 1.29 is 23.9 Å². The summed E-state index contributed by atoms with van der Waals surface area (Å²) in [6.45, 7) is 2.04. The third-order valence-corrected chi connectivity index (χ3v) is 7.98. The monoisotopic (exact) mass is 643 g/mol. The van der Waals surface area contributed by atoms with Gasteiger partial charge in [-0.15, -0.1) is 23.1 Å². The van der Waals surface area contributed by atoms with Crippen molar-refractivity contribution in [2.45, 2.75) is 18.2 Å². The van der Waals surface area contributed by atoms with Crippen LogP contribution in [0.1, 0.15) is 28.5 Å². The lowest BCUT2D eigenvalue weighted by Gasteiger charge is -2.13. The summed E-state index contributed by atoms with van der Waals surface area (Å²) in [6.07, 6.45) is 1.68. The fourth-order valence-corrected chi connectivity index (χ4v) is 5.35. The summed E-state index contributed by atoms with van der Waals surface area (Å²) in [5, 5.41) is 10.4. The molecule has 1 heterocycles. The number of ether oxygens (including phenoxy) is 1. The lowest BCUT2D eigenvalue weighted by Crippen LogP contribution is -2.30. The molecule has 3 N–H and O–H groups in total. The molecule has 0 aliphatic heterocycles. The number of esters is 1. The minimum absolute atomic E-state index is 0.0540. The van der Waals surface area contributed by atoms with Gasteiger partial charge in [0.15, 0.2) is 5.13 Å². The van der Waals surface area contributed by atoms with Gasteiger partial charge in [-0.2, -0.15) is 0 Å². The second-order valence-corrected chi connectivity index (χ2v) is 11.7. The number of rotatable bonds is 13. The summed E-state index contributed by atoms with van der Waals surface area (Å²) >= 11 is 2.56. The van der Waals surface area contributed by atoms with Gasteiger partial charge in [0.05, 0.1) is 24.5 Å². The molecule has 0 atom stereocenters. The lowest BCUT2D eigenvalue weighted by atomic mass is 10.1. The SMILES string of the molecule is CCOC(=O)Cc1csc(NC(=O)CSc2ccc(NC(=O)/C(=C/c3ccc(N(C)C)cc3)NC(=O)c3ccccc3)cc2)n1. The van der Waals surface area contributed by atoms with E-state index in [4.69, 9.17) is 4.74 Å². The van der Waals surface area contributed by atoms with Crippen LogP contribution in [0.4, 0.5) is 16.5 Å². The fraction of sp³-hybridized carbons (Fsp3) is 0.182. The molecule has 0 saturated carbocycles. The molecule has 0 fully saturated rings. The van der Waals surface area contributed by atoms with Crippen LogP contribution in [0.5, 0.6) is 0 Å². The number of thiazole rings is 1. The molecule has 4 aromatic rings. The molecule has 0 aliphatic carbocycles. The average Bonchev–Trinajstić information content (AvgIpc) is 3.47. The molecule has 45 heavy (non-hydrogen) atoms. The third kappa shape index (κ3) is 10.3. The highest BCUT2D eigenvalue weighted by molar-refractivity contribution is 8.00. The largest absolute Gasteiger partial charge is 0.466 e. The van der Waals surface area contributed by atoms with Gasteiger partial charge in [-0.25, -0.2) is 4.98 Å². The molecular weight excluding hydrogens is 611 g/mol. The van der Waals surface area contributed by atoms with Crippen molar-refractivity contribution in [3.8, 4) is 0 Å². The van der Waals surface area contributed by atoms with Crippen LogP contribution < -0.4 is 20.9 Å². The third-order valence-electron chi connectivity index (χ3n) is 6.16. The summed E-state index contributed by atoms with van der Waals surface area (Å²) in [4.78, 5) is 57.4. The summed E-state index contributed by atoms with van der Waals surface area (Å²) in [6, 6.07) is 23.3. The van der Waals surface area contributed by atoms with Crippen LogP contribution in [-0.2, 0) is 25.5 Å². The van der Waals surface area contributed by atoms with Gasteiger partial charge in [0.25, 0.3) is 11.8 Å². The zero-order chi connectivity index (χ0) is 32.2. The molecule has 0 spiro atoms. The number of carbonyl (C=O) groups is 4. The Morgan fingerprint density at radius 3 is 2.31 bits per heavy atom. The van der Waals surface area contributed by atoms with Crippen LogP contribution in [0.3, 0.4) is 0 Å². The molecule has 0 aliphatic rings. The molecule has 0 bridgehead atoms. The highest BCUT2D eigenvalue weighted by atomic mass is 32.2. The van der Waals surface area contributed by atoms with E-state index in [9.17, 15) is 19.2 Å². The number of anilines is 3. The predicted molar refractivity (Wildman–Crippen MR) is 180 cm³/mol. The number of aromatic nitrogens is 1. The minimum Gasteiger partial charge on any atom is -0.466 e. The van der Waals surface area contributed by atoms with Gasteiger partial charge in [-0.05, 0) is 67.1 Å². The first kappa shape index (κ1) is 33.0. The first-order chi connectivity index (χ1) is 21.7. The Bertz CT molecular complexity index is 1650. The summed E-state index contributed by atoms with van der Waals surface area (Å²) in [5.41, 5.74) is 3.33. The Morgan fingerprint density at radius 1 is 0.933 bits per heavy atom. The van der Waals surface area contributed by atoms with Crippen LogP contribution in [0.15, 0.2) is 94.8 Å². The van der Waals surface area contributed by atoms with Gasteiger partial charge < -0.3 is 25.6 Å². The van der Waals surface area contributed by atoms with Crippen molar-refractivity contribution in [1.29, 1.82) is 0 Å². The molecule has 12 heteroatoms. The Hall–Kier alpha value is -4.94. The standard InChI is InChI=1S/C33H33N5O5S2/c1-4-43-30(40)19-25-20-45-33(35-25)37-29(39)21-44-27-16-12-24(13-17-27)34-32(42)28(36-31(41)23-8-6-5-7-9-23)18-22-10-14-26(15-11-22)38(2)3/h5-18,20H,4,19,21H2,1-3H3,(H,34,42)(H,36,41)(H,35,37,39)/b28-18-. The topological polar surface area (TPSA) is 130 Å². The predicted octanol–water partition coefficient (Wildman–Crippen LogP) is 5.46. The van der Waals surface area contributed by atoms with Crippen molar-refractivity contribution >= 4 is 69.4 Å². The van der Waals surface area contributed by atoms with Crippen LogP contribution in [0.25, 0.3) is 6.08 Å². The number of amides is 3. The van der Waals surface area contributed by atoms with E-state index < -0.39 is 11.8 Å². The van der Waals surface area contributed by atoms with Crippen LogP contribution in [0, 0.1) is 0 Å². The van der Waals surface area contributed by atoms with Gasteiger partial charge in [0.1, 0.15) is 5.70 Å². The zero-order valence-corrected chi connectivity index (χ0v) is 26.7. The Balaban J connectivity index is 1.36. The van der Waals surface area contributed by atoms with Gasteiger partial charge >= 0.3 is 5.97 Å². The van der Waals surface area contributed by atoms with E-state index in [-0.39, 0.29) is 29.7 Å². The molecule has 10 nitrogen and oxygen atoms in total. The Kier molecular flexibility index (Phi) is 11.9. The smallest absolute Gasteiger partial charge is 0.311 e. The van der Waals surface area contributed by atoms with Gasteiger partial charge in [-0.3, -0.25) is 19.2 Å². The fourth-order valence-electron chi connectivity index (χ4n) is 3.92. The van der Waals surface area contributed by atoms with E-state index in [0.717, 1.165) is 16.1 Å². The van der Waals surface area contributed by atoms with Gasteiger partial charge in [0.2, 0.25) is 5.91 Å². The number of benzene rings is 3. The Morgan fingerprint density at radius 2 is 1.64 bits per heavy atom. The van der Waals surface area contributed by atoms with E-state index in [0.29, 0.717) is 28.7 Å². The maximum absolute atomic E-state index is 13.3. The number of thioether (sulfide) groups is 1. The molecular formula is C33H33N5O5S2. The van der Waals surface area contributed by atoms with Crippen LogP contribution in [0.2, 0.25) is 0 Å². The van der Waals surface area contributed by atoms with Gasteiger partial charge in [-0.1, -0.05) is 30.3 Å². The molecule has 4 rings (SSSR count). The van der Waals surface area contributed by atoms with E-state index in [2.05, 4.69) is 20.9 Å². The zero-order valence-electron chi connectivity index (χ0n) is 25.0. The van der Waals surface area contributed by atoms with E-state index >= 15 is 0 Å². The van der Waals surface area contributed by atoms with Crippen LogP contribution >= 0.6 is 23.1 Å². The molecule has 3 aromatic carbocycles. The first-order valence-electron chi connectivity index (χ1n) is 14.0. The quantitative estimate of drug-likeness (QED) is 0.0996. The first-order valence-corrected chi connectivity index (χ1v) is 15.9. The van der Waals surface area contributed by atoms with E-state index in [1.165, 1.54) is 23.1 Å². The summed E-state index contributed by atoms with van der Waals surface area (Å²) < 4.78 is 4.92. The molecule has 0 saturated heterocycles. The number of carbonyl (C=O) groups excluding carboxylic acids is 4. The molecule has 232 valence electrons. The molecule has 0 unspecified atom stereocenters. The lowest BCUT2D eigenvalue weighted by molar-refractivity contribution is -0.142. The van der Waals surface area contributed by atoms with Crippen molar-refractivity contribution in [2.75, 3.05) is 42.0 Å². The highest BCUT2D eigenvalue weighted by Crippen LogP contribution is 2.22. The number of hydrogen-bond acceptors (Lipinski definition) is 9. The number of hydrogen-bond donors (Lipinski definition) is 3. The molecule has 1 aromatic heterocycles. The molecule has 3 amide bonds. The van der Waals surface area contributed by atoms with Gasteiger partial charge in [0, 0.05) is 41.3 Å². The van der Waals surface area contributed by atoms with E-state index in [1.807, 2.05) is 49.3 Å². The highest BCUT2D eigenvalue weighted by Gasteiger charge is 2.16. The van der Waals surface area contributed by atoms with Crippen molar-refractivity contribution in [3.05, 3.63) is 107 Å². The Labute approximate surface area is 269 Å². The number of nitrogens with one attached hydrogen (secondary N) is 3.